The van der Waals surface area contributed by atoms with Crippen molar-refractivity contribution in [1.82, 2.24) is 10.2 Å². The molecule has 136 valence electrons. The number of nitrogens with zero attached hydrogens (tertiary/aromatic N) is 2. The average molecular weight is 465 g/mol. The Labute approximate surface area is 166 Å². The molecule has 1 atom stereocenters. The smallest absolute Gasteiger partial charge is 0.193 e. The Hall–Kier alpha value is -0.670. The highest BCUT2D eigenvalue weighted by Crippen LogP contribution is 2.27. The average Bonchev–Trinajstić information content (AvgIpc) is 2.99. The molecule has 5 nitrogen and oxygen atoms in total. The Morgan fingerprint density at radius 1 is 1.42 bits per heavy atom. The van der Waals surface area contributed by atoms with Gasteiger partial charge >= 0.3 is 0 Å². The molecule has 2 N–H and O–H groups in total. The number of likely N-dealkylation sites (N-methyl/N-ethyl adjacent to an activating group) is 1. The molecule has 2 rings (SSSR count). The van der Waals surface area contributed by atoms with E-state index in [1.807, 2.05) is 49.2 Å². The maximum Gasteiger partial charge on any atom is 0.193 e. The lowest BCUT2D eigenvalue weighted by Gasteiger charge is -2.24. The second-order valence-corrected chi connectivity index (χ2v) is 6.89. The number of aliphatic imine (C=N–C) groups is 1. The van der Waals surface area contributed by atoms with Crippen LogP contribution in [0.5, 0.6) is 5.75 Å². The van der Waals surface area contributed by atoms with E-state index in [4.69, 9.17) is 4.74 Å². The van der Waals surface area contributed by atoms with E-state index in [1.54, 1.807) is 11.8 Å². The Morgan fingerprint density at radius 3 is 2.79 bits per heavy atom. The van der Waals surface area contributed by atoms with Gasteiger partial charge in [-0.1, -0.05) is 18.2 Å². The highest BCUT2D eigenvalue weighted by Gasteiger charge is 2.31. The zero-order valence-electron chi connectivity index (χ0n) is 14.4. The van der Waals surface area contributed by atoms with Gasteiger partial charge in [-0.3, -0.25) is 4.99 Å². The largest absolute Gasteiger partial charge is 0.492 e. The van der Waals surface area contributed by atoms with E-state index < -0.39 is 5.60 Å². The van der Waals surface area contributed by atoms with Crippen LogP contribution < -0.4 is 10.1 Å². The van der Waals surface area contributed by atoms with Crippen molar-refractivity contribution in [2.45, 2.75) is 18.9 Å². The number of rotatable bonds is 7. The first kappa shape index (κ1) is 21.4. The van der Waals surface area contributed by atoms with Crippen LogP contribution in [0.2, 0.25) is 0 Å². The fourth-order valence-electron chi connectivity index (χ4n) is 2.34. The Balaban J connectivity index is 0.00000288. The van der Waals surface area contributed by atoms with Crippen molar-refractivity contribution in [3.05, 3.63) is 30.3 Å². The number of hydrogen-bond acceptors (Lipinski definition) is 4. The molecule has 1 aromatic carbocycles. The molecule has 0 bridgehead atoms. The predicted molar refractivity (Wildman–Crippen MR) is 113 cm³/mol. The number of hydrogen-bond donors (Lipinski definition) is 2. The first-order valence-corrected chi connectivity index (χ1v) is 9.26. The van der Waals surface area contributed by atoms with Gasteiger partial charge in [-0.05, 0) is 31.2 Å². The van der Waals surface area contributed by atoms with Crippen LogP contribution in [0.4, 0.5) is 0 Å². The van der Waals surface area contributed by atoms with Gasteiger partial charge in [0.2, 0.25) is 0 Å². The van der Waals surface area contributed by atoms with Gasteiger partial charge in [-0.25, -0.2) is 0 Å². The van der Waals surface area contributed by atoms with Crippen molar-refractivity contribution in [2.24, 2.45) is 4.99 Å². The summed E-state index contributed by atoms with van der Waals surface area (Å²) < 4.78 is 5.73. The van der Waals surface area contributed by atoms with Crippen LogP contribution in [-0.4, -0.2) is 66.4 Å². The first-order valence-electron chi connectivity index (χ1n) is 8.10. The summed E-state index contributed by atoms with van der Waals surface area (Å²) >= 11 is 1.79. The SMILES string of the molecule is CCNC(=NCC1(O)CCSC1)N(C)CCOc1ccccc1.I. The van der Waals surface area contributed by atoms with E-state index in [9.17, 15) is 5.11 Å². The lowest BCUT2D eigenvalue weighted by atomic mass is 10.1. The lowest BCUT2D eigenvalue weighted by Crippen LogP contribution is -2.42. The minimum absolute atomic E-state index is 0. The van der Waals surface area contributed by atoms with E-state index in [0.717, 1.165) is 42.7 Å². The predicted octanol–water partition coefficient (Wildman–Crippen LogP) is 2.45. The molecule has 1 aliphatic heterocycles. The third kappa shape index (κ3) is 7.06. The highest BCUT2D eigenvalue weighted by atomic mass is 127. The maximum atomic E-state index is 10.4. The fraction of sp³-hybridized carbons (Fsp3) is 0.588. The van der Waals surface area contributed by atoms with Crippen LogP contribution in [0.25, 0.3) is 0 Å². The Bertz CT molecular complexity index is 496. The normalized spacial score (nSPS) is 20.4. The van der Waals surface area contributed by atoms with Crippen LogP contribution in [0.3, 0.4) is 0 Å². The standard InChI is InChI=1S/C17H27N3O2S.HI/c1-3-18-16(19-13-17(21)9-12-23-14-17)20(2)10-11-22-15-7-5-4-6-8-15;/h4-8,21H,3,9-14H2,1-2H3,(H,18,19);1H. The van der Waals surface area contributed by atoms with Crippen LogP contribution in [0, 0.1) is 0 Å². The van der Waals surface area contributed by atoms with Gasteiger partial charge in [0.05, 0.1) is 18.7 Å². The number of ether oxygens (including phenoxy) is 1. The van der Waals surface area contributed by atoms with Crippen molar-refractivity contribution < 1.29 is 9.84 Å². The molecule has 0 aliphatic carbocycles. The molecule has 24 heavy (non-hydrogen) atoms. The third-order valence-electron chi connectivity index (χ3n) is 3.74. The van der Waals surface area contributed by atoms with Crippen LogP contribution in [0.1, 0.15) is 13.3 Å². The zero-order chi connectivity index (χ0) is 16.5. The molecule has 7 heteroatoms. The van der Waals surface area contributed by atoms with Crippen molar-refractivity contribution in [1.29, 1.82) is 0 Å². The summed E-state index contributed by atoms with van der Waals surface area (Å²) in [6.45, 7) is 4.62. The van der Waals surface area contributed by atoms with Crippen molar-refractivity contribution >= 4 is 41.7 Å². The van der Waals surface area contributed by atoms with Gasteiger partial charge in [0.25, 0.3) is 0 Å². The van der Waals surface area contributed by atoms with Crippen LogP contribution in [-0.2, 0) is 0 Å². The second kappa shape index (κ2) is 11.0. The number of nitrogens with one attached hydrogen (secondary N) is 1. The number of halogens is 1. The van der Waals surface area contributed by atoms with Gasteiger partial charge in [0.1, 0.15) is 12.4 Å². The molecule has 1 aromatic rings. The van der Waals surface area contributed by atoms with Gasteiger partial charge < -0.3 is 20.1 Å². The molecule has 0 aromatic heterocycles. The minimum atomic E-state index is -0.646. The number of aliphatic hydroxyl groups is 1. The van der Waals surface area contributed by atoms with Gasteiger partial charge in [-0.2, -0.15) is 11.8 Å². The summed E-state index contributed by atoms with van der Waals surface area (Å²) in [5, 5.41) is 13.7. The van der Waals surface area contributed by atoms with Gasteiger partial charge in [0, 0.05) is 19.3 Å². The zero-order valence-corrected chi connectivity index (χ0v) is 17.5. The Morgan fingerprint density at radius 2 is 2.17 bits per heavy atom. The maximum absolute atomic E-state index is 10.4. The molecular formula is C17H28IN3O2S. The number of benzene rings is 1. The van der Waals surface area contributed by atoms with E-state index in [2.05, 4.69) is 10.3 Å². The van der Waals surface area contributed by atoms with Crippen molar-refractivity contribution in [2.75, 3.05) is 44.8 Å². The molecule has 0 spiro atoms. The molecule has 1 unspecified atom stereocenters. The molecule has 0 saturated carbocycles. The number of para-hydroxylation sites is 1. The third-order valence-corrected chi connectivity index (χ3v) is 4.97. The second-order valence-electron chi connectivity index (χ2n) is 5.78. The minimum Gasteiger partial charge on any atom is -0.492 e. The van der Waals surface area contributed by atoms with E-state index >= 15 is 0 Å². The van der Waals surface area contributed by atoms with Crippen LogP contribution in [0.15, 0.2) is 35.3 Å². The summed E-state index contributed by atoms with van der Waals surface area (Å²) in [7, 11) is 1.99. The molecule has 1 aliphatic rings. The summed E-state index contributed by atoms with van der Waals surface area (Å²) in [6, 6.07) is 9.80. The van der Waals surface area contributed by atoms with Gasteiger partial charge in [0.15, 0.2) is 5.96 Å². The summed E-state index contributed by atoms with van der Waals surface area (Å²) in [5.74, 6) is 3.48. The van der Waals surface area contributed by atoms with Crippen molar-refractivity contribution in [3.63, 3.8) is 0 Å². The quantitative estimate of drug-likeness (QED) is 0.368. The first-order chi connectivity index (χ1) is 11.1. The monoisotopic (exact) mass is 465 g/mol. The Kier molecular flexibility index (Phi) is 9.84. The highest BCUT2D eigenvalue weighted by molar-refractivity contribution is 14.0. The lowest BCUT2D eigenvalue weighted by molar-refractivity contribution is 0.0776. The van der Waals surface area contributed by atoms with E-state index in [-0.39, 0.29) is 24.0 Å². The van der Waals surface area contributed by atoms with Gasteiger partial charge in [-0.15, -0.1) is 24.0 Å². The van der Waals surface area contributed by atoms with E-state index in [1.165, 1.54) is 0 Å². The molecule has 0 radical (unpaired) electrons. The molecule has 0 amide bonds. The molecule has 1 heterocycles. The van der Waals surface area contributed by atoms with Crippen LogP contribution >= 0.6 is 35.7 Å². The van der Waals surface area contributed by atoms with Crippen molar-refractivity contribution in [3.8, 4) is 5.75 Å². The summed E-state index contributed by atoms with van der Waals surface area (Å²) in [4.78, 5) is 6.64. The summed E-state index contributed by atoms with van der Waals surface area (Å²) in [5.41, 5.74) is -0.646. The fourth-order valence-corrected chi connectivity index (χ4v) is 3.62. The van der Waals surface area contributed by atoms with E-state index in [0.29, 0.717) is 13.2 Å². The topological polar surface area (TPSA) is 57.1 Å². The molecule has 1 fully saturated rings. The number of guanidine groups is 1. The molecule has 1 saturated heterocycles. The number of thioether (sulfide) groups is 1. The molecular weight excluding hydrogens is 437 g/mol. The summed E-state index contributed by atoms with van der Waals surface area (Å²) in [6.07, 6.45) is 0.821.